The zero-order valence-electron chi connectivity index (χ0n) is 17.4. The number of fused-ring (bicyclic) bond motifs is 1. The molecule has 1 aliphatic rings. The summed E-state index contributed by atoms with van der Waals surface area (Å²) in [5.41, 5.74) is 8.33. The minimum atomic E-state index is -0.256. The highest BCUT2D eigenvalue weighted by Crippen LogP contribution is 2.35. The van der Waals surface area contributed by atoms with E-state index in [9.17, 15) is 9.59 Å². The summed E-state index contributed by atoms with van der Waals surface area (Å²) in [6, 6.07) is 15.0. The number of benzene rings is 2. The second-order valence-corrected chi connectivity index (χ2v) is 7.49. The summed E-state index contributed by atoms with van der Waals surface area (Å²) < 4.78 is 5.70. The van der Waals surface area contributed by atoms with Gasteiger partial charge >= 0.3 is 0 Å². The highest BCUT2D eigenvalue weighted by atomic mass is 35.5. The molecule has 0 bridgehead atoms. The first-order valence-corrected chi connectivity index (χ1v) is 10.3. The van der Waals surface area contributed by atoms with Gasteiger partial charge in [-0.05, 0) is 38.0 Å². The number of amides is 1. The average Bonchev–Trinajstić information content (AvgIpc) is 2.78. The topological polar surface area (TPSA) is 85.5 Å². The van der Waals surface area contributed by atoms with Crippen LogP contribution in [0.5, 0.6) is 5.75 Å². The Morgan fingerprint density at radius 2 is 1.84 bits per heavy atom. The van der Waals surface area contributed by atoms with Crippen LogP contribution in [-0.4, -0.2) is 36.4 Å². The third-order valence-corrected chi connectivity index (χ3v) is 5.62. The number of rotatable bonds is 6. The van der Waals surface area contributed by atoms with Crippen LogP contribution in [-0.2, 0) is 4.79 Å². The predicted octanol–water partition coefficient (Wildman–Crippen LogP) is 3.99. The van der Waals surface area contributed by atoms with Crippen LogP contribution in [0.2, 0.25) is 0 Å². The molecule has 1 saturated heterocycles. The number of nitrogens with zero attached hydrogens (tertiary/aromatic N) is 2. The predicted molar refractivity (Wildman–Crippen MR) is 124 cm³/mol. The first kappa shape index (κ1) is 22.6. The molecule has 0 unspecified atom stereocenters. The molecule has 1 fully saturated rings. The fourth-order valence-corrected chi connectivity index (χ4v) is 4.05. The molecule has 7 heteroatoms. The van der Waals surface area contributed by atoms with E-state index in [1.165, 1.54) is 0 Å². The van der Waals surface area contributed by atoms with Crippen molar-refractivity contribution < 1.29 is 14.3 Å². The monoisotopic (exact) mass is 439 g/mol. The van der Waals surface area contributed by atoms with Crippen LogP contribution in [0.25, 0.3) is 10.9 Å². The molecular formula is C24H26ClN3O3. The van der Waals surface area contributed by atoms with Crippen LogP contribution in [0.3, 0.4) is 0 Å². The molecule has 3 aromatic rings. The van der Waals surface area contributed by atoms with Gasteiger partial charge in [-0.25, -0.2) is 0 Å². The van der Waals surface area contributed by atoms with E-state index in [0.29, 0.717) is 43.7 Å². The van der Waals surface area contributed by atoms with Gasteiger partial charge in [-0.15, -0.1) is 12.4 Å². The van der Waals surface area contributed by atoms with Crippen molar-refractivity contribution in [1.82, 2.24) is 4.98 Å². The van der Waals surface area contributed by atoms with Gasteiger partial charge in [0.15, 0.2) is 5.78 Å². The van der Waals surface area contributed by atoms with E-state index >= 15 is 0 Å². The number of carbonyl (C=O) groups excluding carboxylic acids is 2. The molecule has 1 aliphatic heterocycles. The van der Waals surface area contributed by atoms with Gasteiger partial charge in [-0.1, -0.05) is 30.3 Å². The van der Waals surface area contributed by atoms with Gasteiger partial charge in [0.25, 0.3) is 0 Å². The fourth-order valence-electron chi connectivity index (χ4n) is 4.05. The zero-order valence-corrected chi connectivity index (χ0v) is 18.2. The minimum Gasteiger partial charge on any atom is -0.494 e. The van der Waals surface area contributed by atoms with Gasteiger partial charge in [0.2, 0.25) is 5.91 Å². The normalized spacial score (nSPS) is 14.2. The molecular weight excluding hydrogens is 414 g/mol. The van der Waals surface area contributed by atoms with Crippen molar-refractivity contribution in [1.29, 1.82) is 0 Å². The smallest absolute Gasteiger partial charge is 0.220 e. The van der Waals surface area contributed by atoms with E-state index in [-0.39, 0.29) is 30.0 Å². The summed E-state index contributed by atoms with van der Waals surface area (Å²) in [7, 11) is 0. The number of piperidine rings is 1. The van der Waals surface area contributed by atoms with Crippen LogP contribution in [0.15, 0.2) is 54.7 Å². The summed E-state index contributed by atoms with van der Waals surface area (Å²) in [5, 5.41) is 0.875. The fraction of sp³-hybridized carbons (Fsp3) is 0.292. The summed E-state index contributed by atoms with van der Waals surface area (Å²) in [6.45, 7) is 3.80. The molecule has 162 valence electrons. The molecule has 2 aromatic carbocycles. The van der Waals surface area contributed by atoms with Gasteiger partial charge in [0.05, 0.1) is 23.4 Å². The Balaban J connectivity index is 0.00000272. The lowest BCUT2D eigenvalue weighted by molar-refractivity contribution is -0.122. The number of hydrogen-bond donors (Lipinski definition) is 1. The highest BCUT2D eigenvalue weighted by Gasteiger charge is 2.28. The van der Waals surface area contributed by atoms with Crippen LogP contribution >= 0.6 is 12.4 Å². The summed E-state index contributed by atoms with van der Waals surface area (Å²) >= 11 is 0. The van der Waals surface area contributed by atoms with Crippen LogP contribution in [0.1, 0.15) is 35.7 Å². The van der Waals surface area contributed by atoms with Gasteiger partial charge in [0, 0.05) is 36.2 Å². The van der Waals surface area contributed by atoms with Gasteiger partial charge in [0.1, 0.15) is 5.75 Å². The van der Waals surface area contributed by atoms with E-state index in [2.05, 4.69) is 9.88 Å². The first-order chi connectivity index (χ1) is 14.6. The molecule has 1 amide bonds. The second-order valence-electron chi connectivity index (χ2n) is 7.49. The van der Waals surface area contributed by atoms with Gasteiger partial charge in [-0.2, -0.15) is 0 Å². The van der Waals surface area contributed by atoms with Crippen LogP contribution < -0.4 is 15.4 Å². The number of aromatic nitrogens is 1. The molecule has 6 nitrogen and oxygen atoms in total. The third-order valence-electron chi connectivity index (χ3n) is 5.62. The third kappa shape index (κ3) is 4.64. The number of halogens is 1. The Bertz CT molecular complexity index is 1080. The molecule has 0 spiro atoms. The highest BCUT2D eigenvalue weighted by molar-refractivity contribution is 6.16. The molecule has 1 aromatic heterocycles. The van der Waals surface area contributed by atoms with E-state index in [1.54, 1.807) is 6.20 Å². The number of anilines is 1. The summed E-state index contributed by atoms with van der Waals surface area (Å²) in [5.74, 6) is 0.290. The molecule has 2 N–H and O–H groups in total. The molecule has 2 heterocycles. The van der Waals surface area contributed by atoms with E-state index in [4.69, 9.17) is 10.5 Å². The Morgan fingerprint density at radius 3 is 2.48 bits per heavy atom. The van der Waals surface area contributed by atoms with Crippen molar-refractivity contribution in [2.24, 2.45) is 11.7 Å². The summed E-state index contributed by atoms with van der Waals surface area (Å²) in [6.07, 6.45) is 3.00. The van der Waals surface area contributed by atoms with Crippen molar-refractivity contribution in [2.75, 3.05) is 24.6 Å². The molecule has 0 atom stereocenters. The number of primary amides is 1. The maximum Gasteiger partial charge on any atom is 0.220 e. The molecule has 0 aliphatic carbocycles. The molecule has 31 heavy (non-hydrogen) atoms. The molecule has 4 rings (SSSR count). The van der Waals surface area contributed by atoms with E-state index in [1.807, 2.05) is 55.5 Å². The lowest BCUT2D eigenvalue weighted by Gasteiger charge is -2.34. The Kier molecular flexibility index (Phi) is 7.13. The van der Waals surface area contributed by atoms with E-state index < -0.39 is 0 Å². The molecule has 0 radical (unpaired) electrons. The Labute approximate surface area is 187 Å². The lowest BCUT2D eigenvalue weighted by atomic mass is 9.93. The average molecular weight is 440 g/mol. The zero-order chi connectivity index (χ0) is 21.1. The van der Waals surface area contributed by atoms with E-state index in [0.717, 1.165) is 22.3 Å². The Morgan fingerprint density at radius 1 is 1.13 bits per heavy atom. The summed E-state index contributed by atoms with van der Waals surface area (Å²) in [4.78, 5) is 31.7. The minimum absolute atomic E-state index is 0. The number of ketones is 1. The standard InChI is InChI=1S/C24H25N3O3.ClH/c1-2-30-18-8-9-21-19(14-18)22(27-12-10-17(11-13-27)24(25)29)20(15-26-21)23(28)16-6-4-3-5-7-16;/h3-9,14-15,17H,2,10-13H2,1H3,(H2,25,29);1H. The quantitative estimate of drug-likeness (QED) is 0.587. The van der Waals surface area contributed by atoms with Crippen molar-refractivity contribution >= 4 is 40.7 Å². The number of ether oxygens (including phenoxy) is 1. The number of hydrogen-bond acceptors (Lipinski definition) is 5. The maximum absolute atomic E-state index is 13.4. The van der Waals surface area contributed by atoms with Crippen molar-refractivity contribution in [3.63, 3.8) is 0 Å². The second kappa shape index (κ2) is 9.79. The lowest BCUT2D eigenvalue weighted by Crippen LogP contribution is -2.39. The van der Waals surface area contributed by atoms with Crippen molar-refractivity contribution in [3.8, 4) is 5.75 Å². The molecule has 0 saturated carbocycles. The number of pyridine rings is 1. The number of carbonyl (C=O) groups is 2. The SMILES string of the molecule is CCOc1ccc2ncc(C(=O)c3ccccc3)c(N3CCC(C(N)=O)CC3)c2c1.Cl. The maximum atomic E-state index is 13.4. The largest absolute Gasteiger partial charge is 0.494 e. The van der Waals surface area contributed by atoms with Crippen LogP contribution in [0, 0.1) is 5.92 Å². The first-order valence-electron chi connectivity index (χ1n) is 10.3. The van der Waals surface area contributed by atoms with Crippen molar-refractivity contribution in [3.05, 3.63) is 65.9 Å². The van der Waals surface area contributed by atoms with Gasteiger partial charge < -0.3 is 15.4 Å². The van der Waals surface area contributed by atoms with Gasteiger partial charge in [-0.3, -0.25) is 14.6 Å². The van der Waals surface area contributed by atoms with Crippen LogP contribution in [0.4, 0.5) is 5.69 Å². The number of nitrogens with two attached hydrogens (primary N) is 1. The van der Waals surface area contributed by atoms with Crippen molar-refractivity contribution in [2.45, 2.75) is 19.8 Å². The Hall–Kier alpha value is -3.12.